The van der Waals surface area contributed by atoms with E-state index >= 15 is 0 Å². The molecule has 2 aromatic carbocycles. The molecule has 0 aliphatic heterocycles. The van der Waals surface area contributed by atoms with E-state index in [9.17, 15) is 31.7 Å². The number of nitrogens with two attached hydrogens (primary N) is 1. The Labute approximate surface area is 176 Å². The summed E-state index contributed by atoms with van der Waals surface area (Å²) in [6, 6.07) is 4.77. The second-order valence-electron chi connectivity index (χ2n) is 6.87. The highest BCUT2D eigenvalue weighted by Gasteiger charge is 2.34. The minimum Gasteiger partial charge on any atom is -0.324 e. The molecule has 30 heavy (non-hydrogen) atoms. The number of alkyl halides is 3. The second-order valence-corrected chi connectivity index (χ2v) is 8.96. The van der Waals surface area contributed by atoms with Crippen molar-refractivity contribution >= 4 is 27.3 Å². The van der Waals surface area contributed by atoms with Gasteiger partial charge in [-0.05, 0) is 49.6 Å². The predicted molar refractivity (Wildman–Crippen MR) is 106 cm³/mol. The lowest BCUT2D eigenvalue weighted by molar-refractivity contribution is -0.385. The van der Waals surface area contributed by atoms with Crippen molar-refractivity contribution in [3.05, 3.63) is 68.2 Å². The van der Waals surface area contributed by atoms with Crippen molar-refractivity contribution in [2.45, 2.75) is 43.4 Å². The van der Waals surface area contributed by atoms with Crippen molar-refractivity contribution in [1.29, 1.82) is 0 Å². The van der Waals surface area contributed by atoms with Gasteiger partial charge in [0.15, 0.2) is 0 Å². The molecule has 12 heteroatoms. The first-order valence-corrected chi connectivity index (χ1v) is 10.5. The second kappa shape index (κ2) is 8.88. The van der Waals surface area contributed by atoms with Gasteiger partial charge in [-0.15, -0.1) is 0 Å². The average Bonchev–Trinajstić information content (AvgIpc) is 2.59. The molecule has 0 saturated carbocycles. The largest absolute Gasteiger partial charge is 0.417 e. The Morgan fingerprint density at radius 2 is 1.83 bits per heavy atom. The number of non-ortho nitro benzene ring substituents is 1. The van der Waals surface area contributed by atoms with Crippen LogP contribution in [0.5, 0.6) is 0 Å². The van der Waals surface area contributed by atoms with Gasteiger partial charge in [0.1, 0.15) is 0 Å². The average molecular weight is 466 g/mol. The third kappa shape index (κ3) is 5.69. The van der Waals surface area contributed by atoms with Crippen LogP contribution in [0.2, 0.25) is 5.02 Å². The van der Waals surface area contributed by atoms with Crippen molar-refractivity contribution in [2.24, 2.45) is 5.73 Å². The quantitative estimate of drug-likeness (QED) is 0.469. The fourth-order valence-corrected chi connectivity index (χ4v) is 4.53. The summed E-state index contributed by atoms with van der Waals surface area (Å²) >= 11 is 5.61. The maximum Gasteiger partial charge on any atom is 0.417 e. The number of rotatable bonds is 7. The highest BCUT2D eigenvalue weighted by molar-refractivity contribution is 7.89. The molecule has 0 heterocycles. The SMILES string of the molecule is CC(C)NS(=O)(=O)c1ccc([N+](=O)[O-])cc1C[C@H](N)c1ccc(Cl)c(C(F)(F)F)c1. The van der Waals surface area contributed by atoms with Crippen LogP contribution in [0.4, 0.5) is 18.9 Å². The van der Waals surface area contributed by atoms with E-state index in [1.54, 1.807) is 13.8 Å². The summed E-state index contributed by atoms with van der Waals surface area (Å²) in [5.41, 5.74) is 4.65. The zero-order valence-electron chi connectivity index (χ0n) is 15.9. The summed E-state index contributed by atoms with van der Waals surface area (Å²) < 4.78 is 66.9. The Kier molecular flexibility index (Phi) is 7.12. The number of nitro benzene ring substituents is 1. The number of benzene rings is 2. The van der Waals surface area contributed by atoms with Gasteiger partial charge in [-0.3, -0.25) is 10.1 Å². The van der Waals surface area contributed by atoms with E-state index in [0.717, 1.165) is 30.3 Å². The van der Waals surface area contributed by atoms with E-state index in [2.05, 4.69) is 4.72 Å². The Balaban J connectivity index is 2.50. The van der Waals surface area contributed by atoms with Crippen LogP contribution in [0, 0.1) is 10.1 Å². The van der Waals surface area contributed by atoms with Crippen LogP contribution >= 0.6 is 11.6 Å². The van der Waals surface area contributed by atoms with Crippen molar-refractivity contribution in [1.82, 2.24) is 4.72 Å². The van der Waals surface area contributed by atoms with Gasteiger partial charge in [-0.25, -0.2) is 13.1 Å². The number of hydrogen-bond acceptors (Lipinski definition) is 5. The van der Waals surface area contributed by atoms with Gasteiger partial charge in [0.05, 0.1) is 20.4 Å². The molecular formula is C18H19ClF3N3O4S. The molecule has 0 fully saturated rings. The fraction of sp³-hybridized carbons (Fsp3) is 0.333. The monoisotopic (exact) mass is 465 g/mol. The molecule has 164 valence electrons. The topological polar surface area (TPSA) is 115 Å². The van der Waals surface area contributed by atoms with Crippen LogP contribution in [-0.2, 0) is 22.6 Å². The summed E-state index contributed by atoms with van der Waals surface area (Å²) in [4.78, 5) is 10.2. The van der Waals surface area contributed by atoms with Crippen LogP contribution in [-0.4, -0.2) is 19.4 Å². The molecule has 0 aliphatic rings. The van der Waals surface area contributed by atoms with E-state index in [1.807, 2.05) is 0 Å². The van der Waals surface area contributed by atoms with E-state index in [1.165, 1.54) is 6.07 Å². The van der Waals surface area contributed by atoms with Gasteiger partial charge >= 0.3 is 6.18 Å². The van der Waals surface area contributed by atoms with Gasteiger partial charge in [0, 0.05) is 24.2 Å². The van der Waals surface area contributed by atoms with E-state index in [4.69, 9.17) is 17.3 Å². The summed E-state index contributed by atoms with van der Waals surface area (Å²) in [6.45, 7) is 3.20. The molecule has 0 spiro atoms. The minimum absolute atomic E-state index is 0.00774. The summed E-state index contributed by atoms with van der Waals surface area (Å²) in [7, 11) is -4.03. The molecule has 0 amide bonds. The molecule has 7 nitrogen and oxygen atoms in total. The van der Waals surface area contributed by atoms with E-state index < -0.39 is 43.8 Å². The highest BCUT2D eigenvalue weighted by atomic mass is 35.5. The van der Waals surface area contributed by atoms with Crippen LogP contribution < -0.4 is 10.5 Å². The Morgan fingerprint density at radius 3 is 2.37 bits per heavy atom. The minimum atomic E-state index is -4.70. The number of nitrogens with one attached hydrogen (secondary N) is 1. The smallest absolute Gasteiger partial charge is 0.324 e. The lowest BCUT2D eigenvalue weighted by Crippen LogP contribution is -2.31. The van der Waals surface area contributed by atoms with Crippen molar-refractivity contribution in [2.75, 3.05) is 0 Å². The van der Waals surface area contributed by atoms with Crippen LogP contribution in [0.15, 0.2) is 41.3 Å². The maximum absolute atomic E-state index is 13.1. The molecule has 2 aromatic rings. The predicted octanol–water partition coefficient (Wildman–Crippen LogP) is 4.20. The zero-order valence-corrected chi connectivity index (χ0v) is 17.5. The number of nitrogens with zero attached hydrogens (tertiary/aromatic N) is 1. The fourth-order valence-electron chi connectivity index (χ4n) is 2.82. The van der Waals surface area contributed by atoms with Gasteiger partial charge in [0.2, 0.25) is 10.0 Å². The van der Waals surface area contributed by atoms with Crippen LogP contribution in [0.25, 0.3) is 0 Å². The van der Waals surface area contributed by atoms with Gasteiger partial charge in [-0.1, -0.05) is 17.7 Å². The van der Waals surface area contributed by atoms with E-state index in [0.29, 0.717) is 0 Å². The molecule has 2 rings (SSSR count). The molecule has 0 bridgehead atoms. The molecule has 0 aromatic heterocycles. The third-order valence-corrected chi connectivity index (χ3v) is 6.19. The first kappa shape index (κ1) is 24.1. The summed E-state index contributed by atoms with van der Waals surface area (Å²) in [5, 5.41) is 10.6. The third-order valence-electron chi connectivity index (χ3n) is 4.10. The summed E-state index contributed by atoms with van der Waals surface area (Å²) in [5.74, 6) is 0. The van der Waals surface area contributed by atoms with Gasteiger partial charge in [-0.2, -0.15) is 13.2 Å². The van der Waals surface area contributed by atoms with Gasteiger partial charge < -0.3 is 5.73 Å². The van der Waals surface area contributed by atoms with Crippen molar-refractivity contribution < 1.29 is 26.5 Å². The summed E-state index contributed by atoms with van der Waals surface area (Å²) in [6.07, 6.45) is -4.96. The molecule has 0 saturated heterocycles. The molecule has 0 aliphatic carbocycles. The van der Waals surface area contributed by atoms with Gasteiger partial charge in [0.25, 0.3) is 5.69 Å². The first-order chi connectivity index (χ1) is 13.7. The molecule has 1 atom stereocenters. The van der Waals surface area contributed by atoms with Crippen LogP contribution in [0.3, 0.4) is 0 Å². The van der Waals surface area contributed by atoms with E-state index in [-0.39, 0.29) is 28.1 Å². The zero-order chi connectivity index (χ0) is 22.9. The lowest BCUT2D eigenvalue weighted by atomic mass is 9.97. The number of hydrogen-bond donors (Lipinski definition) is 2. The van der Waals surface area contributed by atoms with Crippen molar-refractivity contribution in [3.8, 4) is 0 Å². The molecular weight excluding hydrogens is 447 g/mol. The molecule has 0 radical (unpaired) electrons. The maximum atomic E-state index is 13.1. The molecule has 0 unspecified atom stereocenters. The van der Waals surface area contributed by atoms with Crippen molar-refractivity contribution in [3.63, 3.8) is 0 Å². The Morgan fingerprint density at radius 1 is 1.20 bits per heavy atom. The standard InChI is InChI=1S/C18H19ClF3N3O4S/c1-10(2)24-30(28,29)17-6-4-13(25(26)27)7-12(17)9-16(23)11-3-5-15(19)14(8-11)18(20,21)22/h3-8,10,16,24H,9,23H2,1-2H3/t16-/m0/s1. The normalized spacial score (nSPS) is 13.5. The van der Waals surface area contributed by atoms with Crippen LogP contribution in [0.1, 0.15) is 36.6 Å². The Hall–Kier alpha value is -2.21. The molecule has 3 N–H and O–H groups in total. The number of nitro groups is 1. The number of halogens is 4. The Bertz CT molecular complexity index is 1060. The first-order valence-electron chi connectivity index (χ1n) is 8.64. The highest BCUT2D eigenvalue weighted by Crippen LogP contribution is 2.36. The lowest BCUT2D eigenvalue weighted by Gasteiger charge is -2.18. The number of sulfonamides is 1.